The van der Waals surface area contributed by atoms with Crippen molar-refractivity contribution in [2.75, 3.05) is 18.0 Å². The maximum Gasteiger partial charge on any atom is 0.135 e. The number of aryl methyl sites for hydroxylation is 2. The molecule has 0 aliphatic carbocycles. The number of fused-ring (bicyclic) bond motifs is 5. The molecular formula is C16H24N4. The first-order chi connectivity index (χ1) is 9.79. The van der Waals surface area contributed by atoms with E-state index in [1.165, 1.54) is 37.3 Å². The second-order valence-corrected chi connectivity index (χ2v) is 6.62. The molecule has 3 aliphatic heterocycles. The first-order valence-corrected chi connectivity index (χ1v) is 8.11. The van der Waals surface area contributed by atoms with E-state index in [1.807, 2.05) is 6.92 Å². The van der Waals surface area contributed by atoms with E-state index in [2.05, 4.69) is 28.3 Å². The summed E-state index contributed by atoms with van der Waals surface area (Å²) in [4.78, 5) is 11.9. The van der Waals surface area contributed by atoms with E-state index >= 15 is 0 Å². The van der Waals surface area contributed by atoms with Crippen LogP contribution in [0.4, 0.5) is 5.82 Å². The van der Waals surface area contributed by atoms with Crippen molar-refractivity contribution in [1.82, 2.24) is 15.3 Å². The molecule has 1 aromatic rings. The Kier molecular flexibility index (Phi) is 2.95. The summed E-state index contributed by atoms with van der Waals surface area (Å²) in [5.41, 5.74) is 1.35. The van der Waals surface area contributed by atoms with E-state index in [0.29, 0.717) is 12.1 Å². The van der Waals surface area contributed by atoms with Crippen molar-refractivity contribution in [1.29, 1.82) is 0 Å². The maximum absolute atomic E-state index is 4.84. The molecule has 0 aromatic carbocycles. The van der Waals surface area contributed by atoms with Gasteiger partial charge in [-0.1, -0.05) is 13.3 Å². The van der Waals surface area contributed by atoms with Gasteiger partial charge in [0, 0.05) is 36.9 Å². The van der Waals surface area contributed by atoms with Gasteiger partial charge in [0.1, 0.15) is 11.6 Å². The third kappa shape index (κ3) is 1.70. The maximum atomic E-state index is 4.84. The average Bonchev–Trinajstić information content (AvgIpc) is 3.11. The highest BCUT2D eigenvalue weighted by atomic mass is 15.3. The van der Waals surface area contributed by atoms with Crippen molar-refractivity contribution < 1.29 is 0 Å². The fourth-order valence-electron chi connectivity index (χ4n) is 4.73. The minimum atomic E-state index is 0.713. The van der Waals surface area contributed by atoms with E-state index in [1.54, 1.807) is 0 Å². The fourth-order valence-corrected chi connectivity index (χ4v) is 4.73. The van der Waals surface area contributed by atoms with Gasteiger partial charge in [0.05, 0.1) is 0 Å². The van der Waals surface area contributed by atoms with Gasteiger partial charge in [-0.25, -0.2) is 9.97 Å². The minimum absolute atomic E-state index is 0.713. The summed E-state index contributed by atoms with van der Waals surface area (Å²) in [6, 6.07) is 1.43. The number of aromatic nitrogens is 2. The number of hydrogen-bond acceptors (Lipinski definition) is 4. The van der Waals surface area contributed by atoms with Crippen molar-refractivity contribution in [3.63, 3.8) is 0 Å². The van der Waals surface area contributed by atoms with E-state index in [4.69, 9.17) is 4.98 Å². The number of nitrogens with zero attached hydrogens (tertiary/aromatic N) is 3. The van der Waals surface area contributed by atoms with E-state index in [0.717, 1.165) is 30.5 Å². The number of nitrogens with one attached hydrogen (secondary N) is 1. The predicted octanol–water partition coefficient (Wildman–Crippen LogP) is 1.92. The highest BCUT2D eigenvalue weighted by Crippen LogP contribution is 2.49. The lowest BCUT2D eigenvalue weighted by atomic mass is 9.82. The van der Waals surface area contributed by atoms with Gasteiger partial charge in [-0.15, -0.1) is 0 Å². The molecule has 0 unspecified atom stereocenters. The SMILES string of the molecule is CCCc1cnc(C)nc1N1[C@@H]2CC[C@H]1[C@H]1CNC[C@H]12. The molecule has 3 aliphatic rings. The Morgan fingerprint density at radius 3 is 2.60 bits per heavy atom. The van der Waals surface area contributed by atoms with Crippen molar-refractivity contribution in [2.45, 2.75) is 51.6 Å². The van der Waals surface area contributed by atoms with Gasteiger partial charge in [0.25, 0.3) is 0 Å². The second-order valence-electron chi connectivity index (χ2n) is 6.62. The van der Waals surface area contributed by atoms with Crippen LogP contribution in [0.5, 0.6) is 0 Å². The monoisotopic (exact) mass is 272 g/mol. The van der Waals surface area contributed by atoms with Gasteiger partial charge in [-0.2, -0.15) is 0 Å². The van der Waals surface area contributed by atoms with Crippen LogP contribution in [0.25, 0.3) is 0 Å². The average molecular weight is 272 g/mol. The zero-order valence-corrected chi connectivity index (χ0v) is 12.5. The quantitative estimate of drug-likeness (QED) is 0.913. The Morgan fingerprint density at radius 2 is 1.95 bits per heavy atom. The standard InChI is InChI=1S/C16H24N4/c1-3-4-11-7-18-10(2)19-16(11)20-14-5-6-15(20)13-9-17-8-12(13)14/h7,12-15,17H,3-6,8-9H2,1-2H3/t12-,13+,14-,15+. The molecule has 0 amide bonds. The molecule has 1 aromatic heterocycles. The summed E-state index contributed by atoms with van der Waals surface area (Å²) in [7, 11) is 0. The van der Waals surface area contributed by atoms with Crippen LogP contribution in [-0.2, 0) is 6.42 Å². The van der Waals surface area contributed by atoms with E-state index in [-0.39, 0.29) is 0 Å². The third-order valence-corrected chi connectivity index (χ3v) is 5.50. The molecule has 0 spiro atoms. The Morgan fingerprint density at radius 1 is 1.25 bits per heavy atom. The first kappa shape index (κ1) is 12.6. The molecule has 3 saturated heterocycles. The van der Waals surface area contributed by atoms with Gasteiger partial charge < -0.3 is 10.2 Å². The molecule has 4 nitrogen and oxygen atoms in total. The van der Waals surface area contributed by atoms with Crippen molar-refractivity contribution in [3.05, 3.63) is 17.6 Å². The Labute approximate surface area is 121 Å². The first-order valence-electron chi connectivity index (χ1n) is 8.11. The normalized spacial score (nSPS) is 34.8. The zero-order valence-electron chi connectivity index (χ0n) is 12.5. The summed E-state index contributed by atoms with van der Waals surface area (Å²) in [5.74, 6) is 3.85. The van der Waals surface area contributed by atoms with Crippen molar-refractivity contribution >= 4 is 5.82 Å². The van der Waals surface area contributed by atoms with Crippen LogP contribution in [0.3, 0.4) is 0 Å². The van der Waals surface area contributed by atoms with Crippen LogP contribution < -0.4 is 10.2 Å². The lowest BCUT2D eigenvalue weighted by Gasteiger charge is -2.28. The second kappa shape index (κ2) is 4.69. The summed E-state index contributed by atoms with van der Waals surface area (Å²) >= 11 is 0. The summed E-state index contributed by atoms with van der Waals surface area (Å²) in [6.45, 7) is 6.66. The molecule has 20 heavy (non-hydrogen) atoms. The van der Waals surface area contributed by atoms with Crippen LogP contribution in [0, 0.1) is 18.8 Å². The molecule has 4 heterocycles. The summed E-state index contributed by atoms with van der Waals surface area (Å²) in [5, 5.41) is 3.59. The number of rotatable bonds is 3. The van der Waals surface area contributed by atoms with Crippen LogP contribution >= 0.6 is 0 Å². The lowest BCUT2D eigenvalue weighted by Crippen LogP contribution is -2.35. The van der Waals surface area contributed by atoms with Crippen LogP contribution in [0.2, 0.25) is 0 Å². The largest absolute Gasteiger partial charge is 0.350 e. The zero-order chi connectivity index (χ0) is 13.7. The Balaban J connectivity index is 1.73. The lowest BCUT2D eigenvalue weighted by molar-refractivity contribution is 0.354. The smallest absolute Gasteiger partial charge is 0.135 e. The minimum Gasteiger partial charge on any atom is -0.350 e. The topological polar surface area (TPSA) is 41.1 Å². The van der Waals surface area contributed by atoms with Gasteiger partial charge in [0.2, 0.25) is 0 Å². The molecule has 2 bridgehead atoms. The number of anilines is 1. The Bertz CT molecular complexity index is 497. The molecular weight excluding hydrogens is 248 g/mol. The van der Waals surface area contributed by atoms with Crippen molar-refractivity contribution in [3.8, 4) is 0 Å². The molecule has 4 rings (SSSR count). The predicted molar refractivity (Wildman–Crippen MR) is 79.9 cm³/mol. The molecule has 4 atom stereocenters. The fraction of sp³-hybridized carbons (Fsp3) is 0.750. The molecule has 0 saturated carbocycles. The van der Waals surface area contributed by atoms with Gasteiger partial charge in [-0.05, 0) is 38.0 Å². The van der Waals surface area contributed by atoms with Gasteiger partial charge in [0.15, 0.2) is 0 Å². The van der Waals surface area contributed by atoms with Gasteiger partial charge in [-0.3, -0.25) is 0 Å². The summed E-state index contributed by atoms with van der Waals surface area (Å²) < 4.78 is 0. The Hall–Kier alpha value is -1.16. The molecule has 3 fully saturated rings. The van der Waals surface area contributed by atoms with Gasteiger partial charge >= 0.3 is 0 Å². The third-order valence-electron chi connectivity index (χ3n) is 5.50. The summed E-state index contributed by atoms with van der Waals surface area (Å²) in [6.07, 6.45) is 7.02. The van der Waals surface area contributed by atoms with E-state index < -0.39 is 0 Å². The highest BCUT2D eigenvalue weighted by Gasteiger charge is 2.55. The van der Waals surface area contributed by atoms with Crippen molar-refractivity contribution in [2.24, 2.45) is 11.8 Å². The highest BCUT2D eigenvalue weighted by molar-refractivity contribution is 5.52. The molecule has 4 heteroatoms. The van der Waals surface area contributed by atoms with Crippen LogP contribution in [0.15, 0.2) is 6.20 Å². The molecule has 108 valence electrons. The van der Waals surface area contributed by atoms with Crippen LogP contribution in [-0.4, -0.2) is 35.1 Å². The number of hydrogen-bond donors (Lipinski definition) is 1. The van der Waals surface area contributed by atoms with E-state index in [9.17, 15) is 0 Å². The molecule has 1 N–H and O–H groups in total. The molecule has 0 radical (unpaired) electrons. The van der Waals surface area contributed by atoms with Crippen LogP contribution in [0.1, 0.15) is 37.6 Å².